The molecule has 0 aliphatic carbocycles. The molecule has 2 amide bonds. The van der Waals surface area contributed by atoms with Gasteiger partial charge in [0.25, 0.3) is 5.91 Å². The van der Waals surface area contributed by atoms with Crippen molar-refractivity contribution >= 4 is 45.2 Å². The van der Waals surface area contributed by atoms with Gasteiger partial charge in [0.15, 0.2) is 0 Å². The van der Waals surface area contributed by atoms with Crippen molar-refractivity contribution in [2.45, 2.75) is 6.18 Å². The van der Waals surface area contributed by atoms with Crippen molar-refractivity contribution in [3.8, 4) is 0 Å². The first kappa shape index (κ1) is 20.6. The third-order valence-corrected chi connectivity index (χ3v) is 5.89. The standard InChI is InChI=1S/C19H16BrF3N2O2S/c20-16-6-4-15(28-16)5-7-17(26)24-8-10-25(11-9-24)18(27)13-2-1-3-14(12-13)19(21,22)23/h1-7,12H,8-11H2/b7-5+. The Balaban J connectivity index is 1.58. The number of piperazine rings is 1. The minimum Gasteiger partial charge on any atom is -0.336 e. The quantitative estimate of drug-likeness (QED) is 0.615. The van der Waals surface area contributed by atoms with E-state index in [4.69, 9.17) is 0 Å². The van der Waals surface area contributed by atoms with Crippen molar-refractivity contribution in [2.75, 3.05) is 26.2 Å². The van der Waals surface area contributed by atoms with Crippen molar-refractivity contribution < 1.29 is 22.8 Å². The topological polar surface area (TPSA) is 40.6 Å². The SMILES string of the molecule is O=C(/C=C/c1ccc(Br)s1)N1CCN(C(=O)c2cccc(C(F)(F)F)c2)CC1. The van der Waals surface area contributed by atoms with Gasteiger partial charge in [0.2, 0.25) is 5.91 Å². The van der Waals surface area contributed by atoms with Gasteiger partial charge in [-0.3, -0.25) is 9.59 Å². The molecule has 0 saturated carbocycles. The van der Waals surface area contributed by atoms with E-state index in [0.717, 1.165) is 20.8 Å². The van der Waals surface area contributed by atoms with Gasteiger partial charge in [0.05, 0.1) is 9.35 Å². The molecule has 1 saturated heterocycles. The molecule has 0 atom stereocenters. The summed E-state index contributed by atoms with van der Waals surface area (Å²) >= 11 is 4.87. The van der Waals surface area contributed by atoms with Crippen LogP contribution in [0.3, 0.4) is 0 Å². The number of carbonyl (C=O) groups is 2. The van der Waals surface area contributed by atoms with E-state index in [0.29, 0.717) is 13.1 Å². The highest BCUT2D eigenvalue weighted by atomic mass is 79.9. The largest absolute Gasteiger partial charge is 0.416 e. The number of thiophene rings is 1. The Morgan fingerprint density at radius 2 is 1.71 bits per heavy atom. The second-order valence-electron chi connectivity index (χ2n) is 6.17. The van der Waals surface area contributed by atoms with Gasteiger partial charge < -0.3 is 9.80 Å². The van der Waals surface area contributed by atoms with E-state index in [1.54, 1.807) is 11.0 Å². The zero-order valence-corrected chi connectivity index (χ0v) is 17.0. The van der Waals surface area contributed by atoms with Gasteiger partial charge in [0, 0.05) is 42.7 Å². The molecule has 0 unspecified atom stereocenters. The second kappa shape index (κ2) is 8.48. The molecule has 1 aliphatic rings. The summed E-state index contributed by atoms with van der Waals surface area (Å²) in [6.07, 6.45) is -1.27. The maximum atomic E-state index is 12.8. The normalized spacial score (nSPS) is 15.3. The molecule has 1 fully saturated rings. The molecule has 4 nitrogen and oxygen atoms in total. The van der Waals surface area contributed by atoms with Crippen molar-refractivity contribution in [1.82, 2.24) is 9.80 Å². The van der Waals surface area contributed by atoms with Gasteiger partial charge in [-0.15, -0.1) is 11.3 Å². The Labute approximate surface area is 172 Å². The fraction of sp³-hybridized carbons (Fsp3) is 0.263. The molecule has 28 heavy (non-hydrogen) atoms. The zero-order chi connectivity index (χ0) is 20.3. The minimum atomic E-state index is -4.49. The van der Waals surface area contributed by atoms with Crippen LogP contribution in [0.5, 0.6) is 0 Å². The predicted octanol–water partition coefficient (Wildman–Crippen LogP) is 4.53. The summed E-state index contributed by atoms with van der Waals surface area (Å²) in [6.45, 7) is 1.22. The molecule has 1 aliphatic heterocycles. The zero-order valence-electron chi connectivity index (χ0n) is 14.6. The molecular formula is C19H16BrF3N2O2S. The second-order valence-corrected chi connectivity index (χ2v) is 8.67. The van der Waals surface area contributed by atoms with Gasteiger partial charge in [-0.25, -0.2) is 0 Å². The number of rotatable bonds is 3. The maximum absolute atomic E-state index is 12.8. The first-order valence-corrected chi connectivity index (χ1v) is 10.0. The van der Waals surface area contributed by atoms with Crippen LogP contribution < -0.4 is 0 Å². The van der Waals surface area contributed by atoms with Crippen LogP contribution in [-0.4, -0.2) is 47.8 Å². The van der Waals surface area contributed by atoms with Crippen LogP contribution in [-0.2, 0) is 11.0 Å². The first-order valence-electron chi connectivity index (χ1n) is 8.43. The molecule has 0 spiro atoms. The van der Waals surface area contributed by atoms with Crippen LogP contribution in [0.25, 0.3) is 6.08 Å². The minimum absolute atomic E-state index is 0.00207. The van der Waals surface area contributed by atoms with Crippen molar-refractivity contribution in [2.24, 2.45) is 0 Å². The highest BCUT2D eigenvalue weighted by molar-refractivity contribution is 9.11. The van der Waals surface area contributed by atoms with E-state index in [2.05, 4.69) is 15.9 Å². The van der Waals surface area contributed by atoms with E-state index in [1.165, 1.54) is 34.4 Å². The third-order valence-electron chi connectivity index (χ3n) is 4.30. The lowest BCUT2D eigenvalue weighted by Crippen LogP contribution is -2.50. The number of hydrogen-bond acceptors (Lipinski definition) is 3. The van der Waals surface area contributed by atoms with Crippen LogP contribution in [0, 0.1) is 0 Å². The lowest BCUT2D eigenvalue weighted by atomic mass is 10.1. The number of benzene rings is 1. The Bertz CT molecular complexity index is 903. The molecule has 1 aromatic heterocycles. The molecule has 0 N–H and O–H groups in total. The first-order chi connectivity index (χ1) is 13.2. The average Bonchev–Trinajstić information content (AvgIpc) is 3.10. The summed E-state index contributed by atoms with van der Waals surface area (Å²) in [5.41, 5.74) is -0.852. The number of amides is 2. The summed E-state index contributed by atoms with van der Waals surface area (Å²) in [7, 11) is 0. The van der Waals surface area contributed by atoms with Crippen molar-refractivity contribution in [3.63, 3.8) is 0 Å². The predicted molar refractivity (Wildman–Crippen MR) is 105 cm³/mol. The molecule has 1 aromatic carbocycles. The van der Waals surface area contributed by atoms with E-state index in [9.17, 15) is 22.8 Å². The van der Waals surface area contributed by atoms with Crippen LogP contribution >= 0.6 is 27.3 Å². The average molecular weight is 473 g/mol. The van der Waals surface area contributed by atoms with Crippen LogP contribution in [0.15, 0.2) is 46.3 Å². The Morgan fingerprint density at radius 3 is 2.32 bits per heavy atom. The number of hydrogen-bond donors (Lipinski definition) is 0. The molecule has 0 radical (unpaired) electrons. The highest BCUT2D eigenvalue weighted by Gasteiger charge is 2.32. The molecule has 2 aromatic rings. The van der Waals surface area contributed by atoms with Crippen molar-refractivity contribution in [1.29, 1.82) is 0 Å². The summed E-state index contributed by atoms with van der Waals surface area (Å²) in [4.78, 5) is 28.8. The lowest BCUT2D eigenvalue weighted by Gasteiger charge is -2.34. The van der Waals surface area contributed by atoms with Gasteiger partial charge in [-0.05, 0) is 52.3 Å². The highest BCUT2D eigenvalue weighted by Crippen LogP contribution is 2.30. The van der Waals surface area contributed by atoms with Crippen LogP contribution in [0.2, 0.25) is 0 Å². The molecule has 0 bridgehead atoms. The summed E-state index contributed by atoms with van der Waals surface area (Å²) in [5, 5.41) is 0. The van der Waals surface area contributed by atoms with Gasteiger partial charge in [-0.2, -0.15) is 13.2 Å². The van der Waals surface area contributed by atoms with Crippen LogP contribution in [0.1, 0.15) is 20.8 Å². The van der Waals surface area contributed by atoms with Gasteiger partial charge in [0.1, 0.15) is 0 Å². The smallest absolute Gasteiger partial charge is 0.336 e. The molecule has 148 valence electrons. The molecule has 9 heteroatoms. The van der Waals surface area contributed by atoms with Crippen LogP contribution in [0.4, 0.5) is 13.2 Å². The monoisotopic (exact) mass is 472 g/mol. The van der Waals surface area contributed by atoms with Gasteiger partial charge in [-0.1, -0.05) is 6.07 Å². The fourth-order valence-electron chi connectivity index (χ4n) is 2.82. The van der Waals surface area contributed by atoms with E-state index in [-0.39, 0.29) is 24.6 Å². The van der Waals surface area contributed by atoms with E-state index in [1.807, 2.05) is 12.1 Å². The molecule has 3 rings (SSSR count). The number of carbonyl (C=O) groups excluding carboxylic acids is 2. The number of halogens is 4. The van der Waals surface area contributed by atoms with E-state index >= 15 is 0 Å². The number of alkyl halides is 3. The maximum Gasteiger partial charge on any atom is 0.416 e. The lowest BCUT2D eigenvalue weighted by molar-refractivity contribution is -0.137. The number of nitrogens with zero attached hydrogens (tertiary/aromatic N) is 2. The molecular weight excluding hydrogens is 457 g/mol. The Morgan fingerprint density at radius 1 is 1.04 bits per heavy atom. The van der Waals surface area contributed by atoms with Crippen molar-refractivity contribution in [3.05, 3.63) is 62.3 Å². The Hall–Kier alpha value is -2.13. The van der Waals surface area contributed by atoms with Gasteiger partial charge >= 0.3 is 6.18 Å². The molecule has 2 heterocycles. The summed E-state index contributed by atoms with van der Waals surface area (Å²) < 4.78 is 39.5. The summed E-state index contributed by atoms with van der Waals surface area (Å²) in [5.74, 6) is -0.618. The Kier molecular flexibility index (Phi) is 6.24. The summed E-state index contributed by atoms with van der Waals surface area (Å²) in [6, 6.07) is 8.19. The van der Waals surface area contributed by atoms with E-state index < -0.39 is 17.6 Å². The fourth-order valence-corrected chi connectivity index (χ4v) is 4.14. The third kappa shape index (κ3) is 5.02.